The van der Waals surface area contributed by atoms with E-state index in [-0.39, 0.29) is 0 Å². The van der Waals surface area contributed by atoms with E-state index in [4.69, 9.17) is 0 Å². The van der Waals surface area contributed by atoms with Gasteiger partial charge in [-0.25, -0.2) is 4.98 Å². The molecule has 0 aliphatic heterocycles. The summed E-state index contributed by atoms with van der Waals surface area (Å²) >= 11 is 0. The van der Waals surface area contributed by atoms with Crippen molar-refractivity contribution in [2.45, 2.75) is 46.1 Å². The maximum atomic E-state index is 10.1. The Labute approximate surface area is 108 Å². The second-order valence-corrected chi connectivity index (χ2v) is 6.10. The third-order valence-electron chi connectivity index (χ3n) is 3.13. The number of hydrogen-bond donors (Lipinski definition) is 1. The number of fused-ring (bicyclic) bond motifs is 1. The first-order valence-corrected chi connectivity index (χ1v) is 6.57. The molecule has 0 saturated heterocycles. The number of rotatable bonds is 4. The van der Waals surface area contributed by atoms with Gasteiger partial charge >= 0.3 is 0 Å². The molecule has 0 spiro atoms. The van der Waals surface area contributed by atoms with Gasteiger partial charge in [0, 0.05) is 12.4 Å². The Bertz CT molecular complexity index is 477. The molecule has 3 heteroatoms. The average Bonchev–Trinajstić information content (AvgIpc) is 2.70. The summed E-state index contributed by atoms with van der Waals surface area (Å²) in [6, 6.07) is 5.87. The maximum Gasteiger partial charge on any atom is 0.137 e. The van der Waals surface area contributed by atoms with Crippen LogP contribution < -0.4 is 0 Å². The van der Waals surface area contributed by atoms with E-state index in [2.05, 4.69) is 25.8 Å². The molecule has 98 valence electrons. The van der Waals surface area contributed by atoms with E-state index in [1.807, 2.05) is 35.0 Å². The van der Waals surface area contributed by atoms with E-state index in [9.17, 15) is 5.11 Å². The van der Waals surface area contributed by atoms with Gasteiger partial charge in [0.05, 0.1) is 11.8 Å². The smallest absolute Gasteiger partial charge is 0.137 e. The normalized spacial score (nSPS) is 14.0. The molecule has 2 aromatic heterocycles. The average molecular weight is 246 g/mol. The topological polar surface area (TPSA) is 37.5 Å². The minimum atomic E-state index is -0.452. The number of nitrogens with zero attached hydrogens (tertiary/aromatic N) is 2. The Morgan fingerprint density at radius 3 is 2.78 bits per heavy atom. The van der Waals surface area contributed by atoms with Crippen LogP contribution in [0.5, 0.6) is 0 Å². The highest BCUT2D eigenvalue weighted by Gasteiger charge is 2.14. The molecule has 0 aliphatic rings. The van der Waals surface area contributed by atoms with Gasteiger partial charge in [0.25, 0.3) is 0 Å². The van der Waals surface area contributed by atoms with Crippen LogP contribution in [0.3, 0.4) is 0 Å². The van der Waals surface area contributed by atoms with Crippen LogP contribution in [-0.4, -0.2) is 14.5 Å². The number of aromatic nitrogens is 2. The second kappa shape index (κ2) is 5.11. The van der Waals surface area contributed by atoms with Gasteiger partial charge in [-0.05, 0) is 36.8 Å². The van der Waals surface area contributed by atoms with Crippen LogP contribution in [0.15, 0.2) is 30.6 Å². The summed E-state index contributed by atoms with van der Waals surface area (Å²) in [4.78, 5) is 4.44. The van der Waals surface area contributed by atoms with Crippen molar-refractivity contribution in [3.8, 4) is 0 Å². The molecular weight excluding hydrogens is 224 g/mol. The van der Waals surface area contributed by atoms with E-state index in [1.54, 1.807) is 0 Å². The summed E-state index contributed by atoms with van der Waals surface area (Å²) in [5.74, 6) is 0. The lowest BCUT2D eigenvalue weighted by Gasteiger charge is -2.18. The van der Waals surface area contributed by atoms with E-state index in [1.165, 1.54) is 0 Å². The molecule has 0 fully saturated rings. The van der Waals surface area contributed by atoms with Gasteiger partial charge in [0.15, 0.2) is 0 Å². The van der Waals surface area contributed by atoms with Crippen LogP contribution in [-0.2, 0) is 0 Å². The van der Waals surface area contributed by atoms with Crippen LogP contribution in [0, 0.1) is 5.41 Å². The molecule has 3 nitrogen and oxygen atoms in total. The van der Waals surface area contributed by atoms with Crippen molar-refractivity contribution < 1.29 is 5.11 Å². The predicted octanol–water partition coefficient (Wildman–Crippen LogP) is 3.58. The Morgan fingerprint density at radius 2 is 2.11 bits per heavy atom. The molecule has 2 rings (SSSR count). The second-order valence-electron chi connectivity index (χ2n) is 6.10. The molecule has 1 unspecified atom stereocenters. The van der Waals surface area contributed by atoms with Gasteiger partial charge in [-0.3, -0.25) is 0 Å². The summed E-state index contributed by atoms with van der Waals surface area (Å²) in [6.45, 7) is 6.68. The lowest BCUT2D eigenvalue weighted by molar-refractivity contribution is 0.154. The fourth-order valence-corrected chi connectivity index (χ4v) is 2.09. The molecule has 2 heterocycles. The first-order chi connectivity index (χ1) is 8.46. The Hall–Kier alpha value is -1.35. The number of pyridine rings is 1. The molecular formula is C15H22N2O. The lowest BCUT2D eigenvalue weighted by atomic mass is 9.89. The van der Waals surface area contributed by atoms with Crippen molar-refractivity contribution >= 4 is 5.65 Å². The van der Waals surface area contributed by atoms with E-state index in [0.29, 0.717) is 5.41 Å². The zero-order valence-electron chi connectivity index (χ0n) is 11.4. The van der Waals surface area contributed by atoms with Crippen molar-refractivity contribution in [1.82, 2.24) is 9.38 Å². The molecule has 0 radical (unpaired) electrons. The first kappa shape index (κ1) is 13.1. The predicted molar refractivity (Wildman–Crippen MR) is 73.5 cm³/mol. The fraction of sp³-hybridized carbons (Fsp3) is 0.533. The minimum Gasteiger partial charge on any atom is -0.387 e. The molecule has 2 aromatic rings. The van der Waals surface area contributed by atoms with Gasteiger partial charge in [-0.15, -0.1) is 0 Å². The third kappa shape index (κ3) is 3.33. The highest BCUT2D eigenvalue weighted by atomic mass is 16.3. The molecule has 1 atom stereocenters. The SMILES string of the molecule is CC(C)(C)CCCC(O)c1cn2ccccc2n1. The third-order valence-corrected chi connectivity index (χ3v) is 3.13. The standard InChI is InChI=1S/C15H22N2O/c1-15(2,3)9-6-7-13(18)12-11-17-10-5-4-8-14(17)16-12/h4-5,8,10-11,13,18H,6-7,9H2,1-3H3. The van der Waals surface area contributed by atoms with Crippen LogP contribution in [0.1, 0.15) is 51.8 Å². The molecule has 1 N–H and O–H groups in total. The first-order valence-electron chi connectivity index (χ1n) is 6.57. The Kier molecular flexibility index (Phi) is 3.71. The summed E-state index contributed by atoms with van der Waals surface area (Å²) in [5, 5.41) is 10.1. The maximum absolute atomic E-state index is 10.1. The Morgan fingerprint density at radius 1 is 1.33 bits per heavy atom. The van der Waals surface area contributed by atoms with Crippen molar-refractivity contribution in [3.63, 3.8) is 0 Å². The van der Waals surface area contributed by atoms with Crippen LogP contribution in [0.25, 0.3) is 5.65 Å². The largest absolute Gasteiger partial charge is 0.387 e. The zero-order valence-corrected chi connectivity index (χ0v) is 11.4. The molecule has 0 aliphatic carbocycles. The lowest BCUT2D eigenvalue weighted by Crippen LogP contribution is -2.06. The summed E-state index contributed by atoms with van der Waals surface area (Å²) < 4.78 is 1.95. The number of hydrogen-bond acceptors (Lipinski definition) is 2. The van der Waals surface area contributed by atoms with Crippen LogP contribution in [0.4, 0.5) is 0 Å². The highest BCUT2D eigenvalue weighted by Crippen LogP contribution is 2.25. The van der Waals surface area contributed by atoms with Gasteiger partial charge < -0.3 is 9.51 Å². The van der Waals surface area contributed by atoms with Gasteiger partial charge in [-0.1, -0.05) is 26.8 Å². The molecule has 0 saturated carbocycles. The van der Waals surface area contributed by atoms with Gasteiger partial charge in [0.1, 0.15) is 5.65 Å². The highest BCUT2D eigenvalue weighted by molar-refractivity contribution is 5.39. The minimum absolute atomic E-state index is 0.332. The van der Waals surface area contributed by atoms with Crippen molar-refractivity contribution in [2.75, 3.05) is 0 Å². The monoisotopic (exact) mass is 246 g/mol. The summed E-state index contributed by atoms with van der Waals surface area (Å²) in [5.41, 5.74) is 2.00. The number of imidazole rings is 1. The molecule has 0 bridgehead atoms. The summed E-state index contributed by atoms with van der Waals surface area (Å²) in [6.07, 6.45) is 6.34. The van der Waals surface area contributed by atoms with E-state index >= 15 is 0 Å². The zero-order chi connectivity index (χ0) is 13.2. The number of aliphatic hydroxyl groups excluding tert-OH is 1. The molecule has 0 aromatic carbocycles. The quantitative estimate of drug-likeness (QED) is 0.895. The van der Waals surface area contributed by atoms with Crippen molar-refractivity contribution in [1.29, 1.82) is 0 Å². The van der Waals surface area contributed by atoms with Crippen LogP contribution >= 0.6 is 0 Å². The van der Waals surface area contributed by atoms with E-state index < -0.39 is 6.10 Å². The fourth-order valence-electron chi connectivity index (χ4n) is 2.09. The van der Waals surface area contributed by atoms with Crippen LogP contribution in [0.2, 0.25) is 0 Å². The number of aliphatic hydroxyl groups is 1. The van der Waals surface area contributed by atoms with E-state index in [0.717, 1.165) is 30.6 Å². The van der Waals surface area contributed by atoms with Crippen molar-refractivity contribution in [2.24, 2.45) is 5.41 Å². The van der Waals surface area contributed by atoms with Gasteiger partial charge in [0.2, 0.25) is 0 Å². The summed E-state index contributed by atoms with van der Waals surface area (Å²) in [7, 11) is 0. The Balaban J connectivity index is 1.98. The van der Waals surface area contributed by atoms with Crippen molar-refractivity contribution in [3.05, 3.63) is 36.3 Å². The van der Waals surface area contributed by atoms with Gasteiger partial charge in [-0.2, -0.15) is 0 Å². The molecule has 0 amide bonds. The molecule has 18 heavy (non-hydrogen) atoms.